The first-order chi connectivity index (χ1) is 14.3. The molecule has 1 unspecified atom stereocenters. The van der Waals surface area contributed by atoms with Crippen LogP contribution in [0.1, 0.15) is 87.0 Å². The highest BCUT2D eigenvalue weighted by Crippen LogP contribution is 2.60. The Morgan fingerprint density at radius 3 is 2.77 bits per heavy atom. The summed E-state index contributed by atoms with van der Waals surface area (Å²) in [5.41, 5.74) is 7.79. The van der Waals surface area contributed by atoms with Crippen molar-refractivity contribution >= 4 is 0 Å². The summed E-state index contributed by atoms with van der Waals surface area (Å²) in [4.78, 5) is 0. The van der Waals surface area contributed by atoms with Crippen molar-refractivity contribution in [3.63, 3.8) is 0 Å². The quantitative estimate of drug-likeness (QED) is 0.626. The molecule has 5 rings (SSSR count). The van der Waals surface area contributed by atoms with Crippen LogP contribution >= 0.6 is 0 Å². The van der Waals surface area contributed by atoms with Gasteiger partial charge in [-0.1, -0.05) is 44.6 Å². The molecule has 1 heterocycles. The van der Waals surface area contributed by atoms with Crippen molar-refractivity contribution in [1.82, 2.24) is 5.32 Å². The Morgan fingerprint density at radius 1 is 1.20 bits per heavy atom. The highest BCUT2D eigenvalue weighted by Gasteiger charge is 2.50. The molecule has 1 aromatic rings. The van der Waals surface area contributed by atoms with Crippen LogP contribution < -0.4 is 5.32 Å². The van der Waals surface area contributed by atoms with Crippen LogP contribution in [0.2, 0.25) is 0 Å². The second-order valence-electron chi connectivity index (χ2n) is 11.2. The molecule has 1 aliphatic heterocycles. The molecular formula is C27H39NO2. The second kappa shape index (κ2) is 7.46. The lowest BCUT2D eigenvalue weighted by atomic mass is 9.57. The zero-order chi connectivity index (χ0) is 21.2. The lowest BCUT2D eigenvalue weighted by Gasteiger charge is -2.48. The predicted octanol–water partition coefficient (Wildman–Crippen LogP) is 4.59. The van der Waals surface area contributed by atoms with Gasteiger partial charge < -0.3 is 15.5 Å². The summed E-state index contributed by atoms with van der Waals surface area (Å²) in [6.45, 7) is 10.3. The molecule has 1 aromatic carbocycles. The fourth-order valence-electron chi connectivity index (χ4n) is 7.49. The number of piperidine rings is 1. The third-order valence-electron chi connectivity index (χ3n) is 9.40. The van der Waals surface area contributed by atoms with Gasteiger partial charge in [0.1, 0.15) is 0 Å². The van der Waals surface area contributed by atoms with Crippen LogP contribution in [0.15, 0.2) is 23.8 Å². The molecule has 1 saturated heterocycles. The van der Waals surface area contributed by atoms with Gasteiger partial charge in [-0.05, 0) is 103 Å². The third-order valence-corrected chi connectivity index (χ3v) is 9.40. The van der Waals surface area contributed by atoms with Crippen molar-refractivity contribution in [2.75, 3.05) is 6.54 Å². The van der Waals surface area contributed by atoms with E-state index < -0.39 is 0 Å². The number of allylic oxidation sites excluding steroid dienone is 1. The topological polar surface area (TPSA) is 52.5 Å². The molecule has 3 heteroatoms. The minimum Gasteiger partial charge on any atom is -0.393 e. The summed E-state index contributed by atoms with van der Waals surface area (Å²) in [5, 5.41) is 24.6. The van der Waals surface area contributed by atoms with Gasteiger partial charge >= 0.3 is 0 Å². The summed E-state index contributed by atoms with van der Waals surface area (Å²) in [5.74, 6) is 2.16. The molecule has 3 nitrogen and oxygen atoms in total. The molecule has 0 bridgehead atoms. The summed E-state index contributed by atoms with van der Waals surface area (Å²) in [6.07, 6.45) is 8.20. The largest absolute Gasteiger partial charge is 0.393 e. The maximum atomic E-state index is 10.7. The van der Waals surface area contributed by atoms with Crippen molar-refractivity contribution in [1.29, 1.82) is 0 Å². The van der Waals surface area contributed by atoms with Crippen LogP contribution in [0, 0.1) is 24.2 Å². The summed E-state index contributed by atoms with van der Waals surface area (Å²) < 4.78 is 0. The summed E-state index contributed by atoms with van der Waals surface area (Å²) in [7, 11) is 0. The van der Waals surface area contributed by atoms with Gasteiger partial charge in [-0.15, -0.1) is 0 Å². The van der Waals surface area contributed by atoms with Crippen molar-refractivity contribution < 1.29 is 10.2 Å². The van der Waals surface area contributed by atoms with Gasteiger partial charge in [-0.3, -0.25) is 0 Å². The highest BCUT2D eigenvalue weighted by molar-refractivity contribution is 5.49. The summed E-state index contributed by atoms with van der Waals surface area (Å²) in [6, 6.07) is 4.92. The Balaban J connectivity index is 1.44. The van der Waals surface area contributed by atoms with Crippen LogP contribution in [0.3, 0.4) is 0 Å². The third kappa shape index (κ3) is 3.12. The van der Waals surface area contributed by atoms with Gasteiger partial charge in [0.15, 0.2) is 0 Å². The van der Waals surface area contributed by atoms with E-state index >= 15 is 0 Å². The van der Waals surface area contributed by atoms with E-state index in [0.717, 1.165) is 38.6 Å². The van der Waals surface area contributed by atoms with Crippen molar-refractivity contribution in [2.45, 2.75) is 96.3 Å². The normalized spacial score (nSPS) is 41.5. The van der Waals surface area contributed by atoms with Crippen molar-refractivity contribution in [3.05, 3.63) is 46.0 Å². The Morgan fingerprint density at radius 2 is 2.00 bits per heavy atom. The van der Waals surface area contributed by atoms with E-state index in [-0.39, 0.29) is 23.7 Å². The highest BCUT2D eigenvalue weighted by atomic mass is 16.3. The zero-order valence-corrected chi connectivity index (χ0v) is 19.1. The van der Waals surface area contributed by atoms with Gasteiger partial charge in [0.2, 0.25) is 0 Å². The van der Waals surface area contributed by atoms with Crippen LogP contribution in [0.5, 0.6) is 0 Å². The van der Waals surface area contributed by atoms with Gasteiger partial charge in [0.05, 0.1) is 12.2 Å². The Labute approximate surface area is 182 Å². The smallest absolute Gasteiger partial charge is 0.0702 e. The zero-order valence-electron chi connectivity index (χ0n) is 19.1. The fraction of sp³-hybridized carbons (Fsp3) is 0.704. The Hall–Kier alpha value is -1.16. The minimum absolute atomic E-state index is 0.143. The number of nitrogens with one attached hydrogen (secondary N) is 1. The standard InChI is InChI=1S/C27H39NO2/c1-15-11-25(30)26(28-14-15)17(3)20-7-8-21-22-6-5-18-12-19(29)9-10-27(18,4)24(22)13-23(21)16(20)2/h5,7-8,15,17,19,22,24-26,28-30H,6,9-14H2,1-4H3/t15-,17-,19+,22+,24-,25+,26?,27+/m1/s1. The fourth-order valence-corrected chi connectivity index (χ4v) is 7.49. The van der Waals surface area contributed by atoms with Crippen molar-refractivity contribution in [2.24, 2.45) is 17.3 Å². The van der Waals surface area contributed by atoms with E-state index in [0.29, 0.717) is 23.7 Å². The van der Waals surface area contributed by atoms with Gasteiger partial charge in [0.25, 0.3) is 0 Å². The molecule has 8 atom stereocenters. The number of aliphatic hydroxyl groups excluding tert-OH is 2. The first-order valence-corrected chi connectivity index (χ1v) is 12.2. The van der Waals surface area contributed by atoms with E-state index in [2.05, 4.69) is 51.2 Å². The van der Waals surface area contributed by atoms with Gasteiger partial charge in [0, 0.05) is 6.04 Å². The molecule has 0 spiro atoms. The maximum Gasteiger partial charge on any atom is 0.0702 e. The number of rotatable bonds is 2. The van der Waals surface area contributed by atoms with Crippen molar-refractivity contribution in [3.8, 4) is 0 Å². The van der Waals surface area contributed by atoms with Gasteiger partial charge in [-0.2, -0.15) is 0 Å². The number of hydrogen-bond acceptors (Lipinski definition) is 3. The first kappa shape index (κ1) is 20.7. The summed E-state index contributed by atoms with van der Waals surface area (Å²) >= 11 is 0. The molecule has 1 saturated carbocycles. The van der Waals surface area contributed by atoms with Crippen LogP contribution in [-0.4, -0.2) is 35.0 Å². The van der Waals surface area contributed by atoms with Crippen LogP contribution in [-0.2, 0) is 6.42 Å². The van der Waals surface area contributed by atoms with E-state index in [1.807, 2.05) is 0 Å². The van der Waals surface area contributed by atoms with E-state index in [1.54, 1.807) is 11.1 Å². The molecule has 0 amide bonds. The predicted molar refractivity (Wildman–Crippen MR) is 122 cm³/mol. The lowest BCUT2D eigenvalue weighted by Crippen LogP contribution is -2.50. The second-order valence-corrected chi connectivity index (χ2v) is 11.2. The molecule has 2 fully saturated rings. The van der Waals surface area contributed by atoms with Gasteiger partial charge in [-0.25, -0.2) is 0 Å². The van der Waals surface area contributed by atoms with Crippen LogP contribution in [0.25, 0.3) is 0 Å². The minimum atomic E-state index is -0.265. The Bertz CT molecular complexity index is 861. The molecule has 3 aliphatic carbocycles. The Kier molecular flexibility index (Phi) is 5.16. The average Bonchev–Trinajstić information content (AvgIpc) is 3.09. The number of fused-ring (bicyclic) bond motifs is 5. The first-order valence-electron chi connectivity index (χ1n) is 12.2. The molecule has 0 radical (unpaired) electrons. The molecule has 164 valence electrons. The van der Waals surface area contributed by atoms with E-state index in [4.69, 9.17) is 0 Å². The SMILES string of the molecule is Cc1c([C@@H](C)C2NC[C@H](C)C[C@@H]2O)ccc2c1C[C@@H]1[C@H]2CC=C2C[C@@H](O)CC[C@@]21C. The van der Waals surface area contributed by atoms with Crippen LogP contribution in [0.4, 0.5) is 0 Å². The van der Waals surface area contributed by atoms with E-state index in [9.17, 15) is 10.2 Å². The molecule has 3 N–H and O–H groups in total. The molecular weight excluding hydrogens is 370 g/mol. The number of benzene rings is 1. The maximum absolute atomic E-state index is 10.7. The van der Waals surface area contributed by atoms with E-state index in [1.165, 1.54) is 23.1 Å². The molecule has 0 aromatic heterocycles. The monoisotopic (exact) mass is 409 g/mol. The average molecular weight is 410 g/mol. The number of hydrogen-bond donors (Lipinski definition) is 3. The number of aliphatic hydroxyl groups is 2. The molecule has 30 heavy (non-hydrogen) atoms. The molecule has 4 aliphatic rings. The lowest BCUT2D eigenvalue weighted by molar-refractivity contribution is 0.0656.